The number of carbonyl (C=O) groups excluding carboxylic acids is 4. The maximum Gasteiger partial charge on any atom is 0.329 e. The second-order valence-electron chi connectivity index (χ2n) is 6.94. The number of anilines is 2. The van der Waals surface area contributed by atoms with E-state index in [9.17, 15) is 19.2 Å². The molecule has 2 N–H and O–H groups in total. The van der Waals surface area contributed by atoms with Crippen molar-refractivity contribution in [2.45, 2.75) is 12.5 Å². The van der Waals surface area contributed by atoms with Gasteiger partial charge in [-0.25, -0.2) is 4.79 Å². The van der Waals surface area contributed by atoms with Gasteiger partial charge in [-0.3, -0.25) is 19.3 Å². The average Bonchev–Trinajstić information content (AvgIpc) is 2.79. The van der Waals surface area contributed by atoms with Crippen molar-refractivity contribution in [3.05, 3.63) is 59.1 Å². The van der Waals surface area contributed by atoms with Crippen molar-refractivity contribution in [3.8, 4) is 0 Å². The number of ether oxygens (including phenoxy) is 1. The van der Waals surface area contributed by atoms with Crippen LogP contribution >= 0.6 is 23.4 Å². The molecule has 1 unspecified atom stereocenters. The van der Waals surface area contributed by atoms with Gasteiger partial charge in [-0.05, 0) is 42.7 Å². The normalized spacial score (nSPS) is 13.6. The molecule has 2 aromatic rings. The van der Waals surface area contributed by atoms with E-state index in [1.165, 1.54) is 16.7 Å². The third-order valence-corrected chi connectivity index (χ3v) is 5.70. The highest BCUT2D eigenvalue weighted by Gasteiger charge is 2.29. The van der Waals surface area contributed by atoms with Gasteiger partial charge >= 0.3 is 5.97 Å². The van der Waals surface area contributed by atoms with E-state index >= 15 is 0 Å². The second kappa shape index (κ2) is 11.0. The van der Waals surface area contributed by atoms with Crippen molar-refractivity contribution >= 4 is 58.4 Å². The van der Waals surface area contributed by atoms with Crippen LogP contribution in [-0.2, 0) is 19.1 Å². The number of nitrogens with zero attached hydrogens (tertiary/aromatic N) is 1. The second-order valence-corrected chi connectivity index (χ2v) is 8.33. The highest BCUT2D eigenvalue weighted by Crippen LogP contribution is 2.28. The summed E-state index contributed by atoms with van der Waals surface area (Å²) < 4.78 is 5.21. The molecule has 2 aromatic carbocycles. The summed E-state index contributed by atoms with van der Waals surface area (Å²) in [6.45, 7) is -0.731. The van der Waals surface area contributed by atoms with Gasteiger partial charge in [-0.15, -0.1) is 0 Å². The topological polar surface area (TPSA) is 105 Å². The van der Waals surface area contributed by atoms with Crippen molar-refractivity contribution in [2.24, 2.45) is 0 Å². The van der Waals surface area contributed by atoms with E-state index in [2.05, 4.69) is 10.6 Å². The van der Waals surface area contributed by atoms with Crippen LogP contribution in [0.5, 0.6) is 0 Å². The minimum Gasteiger partial charge on any atom is -0.454 e. The van der Waals surface area contributed by atoms with Crippen LogP contribution in [0, 0.1) is 0 Å². The first kappa shape index (κ1) is 23.6. The van der Waals surface area contributed by atoms with E-state index < -0.39 is 30.4 Å². The Morgan fingerprint density at radius 1 is 1.19 bits per heavy atom. The summed E-state index contributed by atoms with van der Waals surface area (Å²) in [7, 11) is 0. The standard InChI is InChI=1S/C22H22ClN3O5S/c1-32-11-10-17(25-21(29)14-6-2-3-7-15(14)23)22(30)31-13-20(28)26-12-19(27)24-16-8-4-5-9-18(16)26/h2-9,17H,10-13H2,1H3,(H,24,27)(H,25,29). The van der Waals surface area contributed by atoms with Crippen LogP contribution in [0.2, 0.25) is 5.02 Å². The molecule has 0 spiro atoms. The van der Waals surface area contributed by atoms with Crippen LogP contribution in [-0.4, -0.2) is 54.9 Å². The third-order valence-electron chi connectivity index (χ3n) is 4.73. The van der Waals surface area contributed by atoms with Gasteiger partial charge in [-0.2, -0.15) is 11.8 Å². The molecule has 0 fully saturated rings. The zero-order chi connectivity index (χ0) is 23.1. The fourth-order valence-electron chi connectivity index (χ4n) is 3.13. The van der Waals surface area contributed by atoms with Gasteiger partial charge in [0, 0.05) is 0 Å². The molecule has 0 saturated carbocycles. The average molecular weight is 476 g/mol. The van der Waals surface area contributed by atoms with Crippen LogP contribution in [0.3, 0.4) is 0 Å². The van der Waals surface area contributed by atoms with Crippen molar-refractivity contribution in [2.75, 3.05) is 35.4 Å². The summed E-state index contributed by atoms with van der Waals surface area (Å²) in [5.41, 5.74) is 1.27. The molecule has 32 heavy (non-hydrogen) atoms. The SMILES string of the molecule is CSCCC(NC(=O)c1ccccc1Cl)C(=O)OCC(=O)N1CC(=O)Nc2ccccc21. The van der Waals surface area contributed by atoms with Crippen LogP contribution in [0.4, 0.5) is 11.4 Å². The number of carbonyl (C=O) groups is 4. The van der Waals surface area contributed by atoms with E-state index in [0.717, 1.165) is 0 Å². The van der Waals surface area contributed by atoms with Crippen LogP contribution in [0.1, 0.15) is 16.8 Å². The molecule has 1 aliphatic rings. The van der Waals surface area contributed by atoms with Crippen molar-refractivity contribution < 1.29 is 23.9 Å². The Morgan fingerprint density at radius 3 is 2.66 bits per heavy atom. The lowest BCUT2D eigenvalue weighted by atomic mass is 10.1. The molecule has 3 amide bonds. The lowest BCUT2D eigenvalue weighted by Gasteiger charge is -2.29. The third kappa shape index (κ3) is 5.80. The zero-order valence-electron chi connectivity index (χ0n) is 17.3. The Labute approximate surface area is 194 Å². The molecule has 0 aromatic heterocycles. The van der Waals surface area contributed by atoms with Gasteiger partial charge in [0.1, 0.15) is 12.6 Å². The molecule has 1 aliphatic heterocycles. The summed E-state index contributed by atoms with van der Waals surface area (Å²) in [6, 6.07) is 12.4. The lowest BCUT2D eigenvalue weighted by Crippen LogP contribution is -2.46. The van der Waals surface area contributed by atoms with Gasteiger partial charge in [0.25, 0.3) is 11.8 Å². The number of fused-ring (bicyclic) bond motifs is 1. The first-order valence-electron chi connectivity index (χ1n) is 9.81. The fourth-order valence-corrected chi connectivity index (χ4v) is 3.83. The van der Waals surface area contributed by atoms with E-state index in [0.29, 0.717) is 23.5 Å². The number of para-hydroxylation sites is 2. The number of benzene rings is 2. The maximum absolute atomic E-state index is 12.7. The predicted octanol–water partition coefficient (Wildman–Crippen LogP) is 2.72. The molecule has 0 bridgehead atoms. The fraction of sp³-hybridized carbons (Fsp3) is 0.273. The molecule has 0 saturated heterocycles. The Hall–Kier alpha value is -3.04. The number of esters is 1. The Balaban J connectivity index is 1.65. The van der Waals surface area contributed by atoms with Gasteiger partial charge < -0.3 is 15.4 Å². The summed E-state index contributed by atoms with van der Waals surface area (Å²) in [6.07, 6.45) is 2.19. The van der Waals surface area contributed by atoms with Gasteiger partial charge in [0.05, 0.1) is 22.0 Å². The van der Waals surface area contributed by atoms with Crippen molar-refractivity contribution in [1.29, 1.82) is 0 Å². The molecule has 8 nitrogen and oxygen atoms in total. The molecule has 10 heteroatoms. The largest absolute Gasteiger partial charge is 0.454 e. The predicted molar refractivity (Wildman–Crippen MR) is 124 cm³/mol. The number of nitrogens with one attached hydrogen (secondary N) is 2. The summed E-state index contributed by atoms with van der Waals surface area (Å²) in [5, 5.41) is 5.59. The zero-order valence-corrected chi connectivity index (χ0v) is 18.9. The monoisotopic (exact) mass is 475 g/mol. The molecule has 3 rings (SSSR count). The number of thioether (sulfide) groups is 1. The molecule has 168 valence electrons. The van der Waals surface area contributed by atoms with Gasteiger partial charge in [-0.1, -0.05) is 35.9 Å². The molecular weight excluding hydrogens is 454 g/mol. The maximum atomic E-state index is 12.7. The van der Waals surface area contributed by atoms with Crippen LogP contribution in [0.25, 0.3) is 0 Å². The smallest absolute Gasteiger partial charge is 0.329 e. The first-order valence-corrected chi connectivity index (χ1v) is 11.6. The highest BCUT2D eigenvalue weighted by atomic mass is 35.5. The van der Waals surface area contributed by atoms with Gasteiger partial charge in [0.15, 0.2) is 6.61 Å². The Morgan fingerprint density at radius 2 is 1.91 bits per heavy atom. The first-order chi connectivity index (χ1) is 15.4. The van der Waals surface area contributed by atoms with E-state index in [1.54, 1.807) is 48.5 Å². The summed E-state index contributed by atoms with van der Waals surface area (Å²) in [4.78, 5) is 51.1. The van der Waals surface area contributed by atoms with E-state index in [-0.39, 0.29) is 23.0 Å². The summed E-state index contributed by atoms with van der Waals surface area (Å²) in [5.74, 6) is -1.53. The minimum atomic E-state index is -0.948. The van der Waals surface area contributed by atoms with Gasteiger partial charge in [0.2, 0.25) is 5.91 Å². The van der Waals surface area contributed by atoms with Crippen molar-refractivity contribution in [1.82, 2.24) is 5.32 Å². The Kier molecular flexibility index (Phi) is 8.13. The van der Waals surface area contributed by atoms with Crippen molar-refractivity contribution in [3.63, 3.8) is 0 Å². The number of hydrogen-bond donors (Lipinski definition) is 2. The van der Waals surface area contributed by atoms with E-state index in [4.69, 9.17) is 16.3 Å². The molecule has 1 heterocycles. The molecule has 0 radical (unpaired) electrons. The van der Waals surface area contributed by atoms with E-state index in [1.807, 2.05) is 6.26 Å². The number of hydrogen-bond acceptors (Lipinski definition) is 6. The Bertz CT molecular complexity index is 1030. The molecule has 1 atom stereocenters. The quantitative estimate of drug-likeness (QED) is 0.569. The minimum absolute atomic E-state index is 0.174. The summed E-state index contributed by atoms with van der Waals surface area (Å²) >= 11 is 7.57. The molecule has 0 aliphatic carbocycles. The molecular formula is C22H22ClN3O5S. The number of halogens is 1. The number of rotatable bonds is 8. The van der Waals surface area contributed by atoms with Crippen LogP contribution < -0.4 is 15.5 Å². The lowest BCUT2D eigenvalue weighted by molar-refractivity contribution is -0.149. The number of amides is 3. The highest BCUT2D eigenvalue weighted by molar-refractivity contribution is 7.98. The van der Waals surface area contributed by atoms with Crippen LogP contribution in [0.15, 0.2) is 48.5 Å².